The number of rotatable bonds is 8. The van der Waals surface area contributed by atoms with E-state index in [4.69, 9.17) is 32.7 Å². The van der Waals surface area contributed by atoms with E-state index in [0.717, 1.165) is 5.56 Å². The van der Waals surface area contributed by atoms with Crippen molar-refractivity contribution in [3.8, 4) is 6.01 Å². The largest absolute Gasteiger partial charge is 0.461 e. The van der Waals surface area contributed by atoms with Crippen LogP contribution in [0, 0.1) is 11.8 Å². The summed E-state index contributed by atoms with van der Waals surface area (Å²) in [5.41, 5.74) is 1.02. The lowest BCUT2D eigenvalue weighted by Crippen LogP contribution is -2.60. The van der Waals surface area contributed by atoms with Gasteiger partial charge in [0.25, 0.3) is 5.91 Å². The summed E-state index contributed by atoms with van der Waals surface area (Å²) in [6.07, 6.45) is 1.15. The minimum Gasteiger partial charge on any atom is -0.461 e. The van der Waals surface area contributed by atoms with E-state index >= 15 is 0 Å². The summed E-state index contributed by atoms with van der Waals surface area (Å²) in [6.45, 7) is 8.83. The lowest BCUT2D eigenvalue weighted by molar-refractivity contribution is -0.164. The SMILES string of the molecule is C=CCN1C(=O)C(OCc2ccccc2)C(C)C(C)C1COc1nc(Cl)nc(Cl)n1. The Balaban J connectivity index is 1.73. The first-order chi connectivity index (χ1) is 14.4. The molecule has 1 aliphatic heterocycles. The Kier molecular flexibility index (Phi) is 7.64. The Hall–Kier alpha value is -2.22. The average molecular weight is 451 g/mol. The number of carbonyl (C=O) groups is 1. The van der Waals surface area contributed by atoms with Gasteiger partial charge in [-0.1, -0.05) is 50.3 Å². The number of aromatic nitrogens is 3. The third kappa shape index (κ3) is 5.28. The zero-order valence-electron chi connectivity index (χ0n) is 16.9. The summed E-state index contributed by atoms with van der Waals surface area (Å²) in [4.78, 5) is 26.5. The highest BCUT2D eigenvalue weighted by molar-refractivity contribution is 6.31. The van der Waals surface area contributed by atoms with Crippen molar-refractivity contribution in [1.29, 1.82) is 0 Å². The smallest absolute Gasteiger partial charge is 0.322 e. The van der Waals surface area contributed by atoms with Gasteiger partial charge in [-0.2, -0.15) is 15.0 Å². The number of hydrogen-bond acceptors (Lipinski definition) is 6. The number of carbonyl (C=O) groups excluding carboxylic acids is 1. The van der Waals surface area contributed by atoms with E-state index in [9.17, 15) is 4.79 Å². The molecule has 1 aromatic heterocycles. The standard InChI is InChI=1S/C21H24Cl2N4O3/c1-4-10-27-16(12-30-21-25-19(22)24-20(23)26-21)13(2)14(3)17(18(27)28)29-11-15-8-6-5-7-9-15/h4-9,13-14,16-17H,1,10-12H2,2-3H3. The van der Waals surface area contributed by atoms with Crippen molar-refractivity contribution in [2.75, 3.05) is 13.2 Å². The molecular formula is C21H24Cl2N4O3. The van der Waals surface area contributed by atoms with Crippen LogP contribution in [-0.2, 0) is 16.1 Å². The van der Waals surface area contributed by atoms with Gasteiger partial charge in [-0.05, 0) is 40.6 Å². The fourth-order valence-electron chi connectivity index (χ4n) is 3.58. The minimum absolute atomic E-state index is 0.0126. The number of amides is 1. The van der Waals surface area contributed by atoms with Gasteiger partial charge < -0.3 is 14.4 Å². The molecule has 160 valence electrons. The molecule has 0 aliphatic carbocycles. The van der Waals surface area contributed by atoms with Gasteiger partial charge in [-0.15, -0.1) is 6.58 Å². The molecule has 4 atom stereocenters. The lowest BCUT2D eigenvalue weighted by atomic mass is 9.80. The quantitative estimate of drug-likeness (QED) is 0.568. The molecule has 0 radical (unpaired) electrons. The van der Waals surface area contributed by atoms with Crippen LogP contribution in [0.25, 0.3) is 0 Å². The predicted octanol–water partition coefficient (Wildman–Crippen LogP) is 3.81. The number of piperidine rings is 1. The van der Waals surface area contributed by atoms with Gasteiger partial charge in [0.2, 0.25) is 10.6 Å². The van der Waals surface area contributed by atoms with Crippen molar-refractivity contribution in [3.05, 3.63) is 59.1 Å². The van der Waals surface area contributed by atoms with E-state index in [1.807, 2.05) is 37.3 Å². The molecule has 0 N–H and O–H groups in total. The van der Waals surface area contributed by atoms with Crippen LogP contribution in [0.2, 0.25) is 10.6 Å². The van der Waals surface area contributed by atoms with Crippen LogP contribution in [-0.4, -0.2) is 51.1 Å². The third-order valence-corrected chi connectivity index (χ3v) is 5.72. The molecule has 1 saturated heterocycles. The maximum atomic E-state index is 13.2. The Morgan fingerprint density at radius 3 is 2.40 bits per heavy atom. The predicted molar refractivity (Wildman–Crippen MR) is 114 cm³/mol. The molecule has 1 amide bonds. The Bertz CT molecular complexity index is 864. The molecule has 9 heteroatoms. The third-order valence-electron chi connectivity index (χ3n) is 5.38. The summed E-state index contributed by atoms with van der Waals surface area (Å²) in [7, 11) is 0. The highest BCUT2D eigenvalue weighted by Gasteiger charge is 2.45. The summed E-state index contributed by atoms with van der Waals surface area (Å²) in [5, 5.41) is -0.105. The topological polar surface area (TPSA) is 77.4 Å². The van der Waals surface area contributed by atoms with Crippen molar-refractivity contribution < 1.29 is 14.3 Å². The van der Waals surface area contributed by atoms with Crippen molar-refractivity contribution in [2.24, 2.45) is 11.8 Å². The highest BCUT2D eigenvalue weighted by atomic mass is 35.5. The second kappa shape index (κ2) is 10.2. The van der Waals surface area contributed by atoms with Gasteiger partial charge in [-0.3, -0.25) is 4.79 Å². The van der Waals surface area contributed by atoms with Crippen molar-refractivity contribution in [2.45, 2.75) is 32.6 Å². The maximum Gasteiger partial charge on any atom is 0.322 e. The van der Waals surface area contributed by atoms with E-state index in [2.05, 4.69) is 28.5 Å². The van der Waals surface area contributed by atoms with Gasteiger partial charge in [0, 0.05) is 6.54 Å². The first-order valence-electron chi connectivity index (χ1n) is 9.67. The van der Waals surface area contributed by atoms with Crippen LogP contribution < -0.4 is 4.74 Å². The summed E-state index contributed by atoms with van der Waals surface area (Å²) in [5.74, 6) is -0.00522. The van der Waals surface area contributed by atoms with E-state index in [1.165, 1.54) is 0 Å². The number of ether oxygens (including phenoxy) is 2. The van der Waals surface area contributed by atoms with Crippen molar-refractivity contribution >= 4 is 29.1 Å². The van der Waals surface area contributed by atoms with Crippen molar-refractivity contribution in [3.63, 3.8) is 0 Å². The number of benzene rings is 1. The number of hydrogen-bond donors (Lipinski definition) is 0. The molecule has 7 nitrogen and oxygen atoms in total. The van der Waals surface area contributed by atoms with Gasteiger partial charge in [0.15, 0.2) is 0 Å². The molecule has 30 heavy (non-hydrogen) atoms. The number of halogens is 2. The fraction of sp³-hybridized carbons (Fsp3) is 0.429. The fourth-order valence-corrected chi connectivity index (χ4v) is 3.93. The maximum absolute atomic E-state index is 13.2. The zero-order valence-corrected chi connectivity index (χ0v) is 18.4. The van der Waals surface area contributed by atoms with E-state index in [1.54, 1.807) is 11.0 Å². The molecule has 0 spiro atoms. The van der Waals surface area contributed by atoms with E-state index < -0.39 is 6.10 Å². The van der Waals surface area contributed by atoms with Crippen LogP contribution in [0.3, 0.4) is 0 Å². The molecular weight excluding hydrogens is 427 g/mol. The number of likely N-dealkylation sites (tertiary alicyclic amines) is 1. The van der Waals surface area contributed by atoms with Crippen molar-refractivity contribution in [1.82, 2.24) is 19.9 Å². The lowest BCUT2D eigenvalue weighted by Gasteiger charge is -2.46. The van der Waals surface area contributed by atoms with Gasteiger partial charge in [-0.25, -0.2) is 0 Å². The van der Waals surface area contributed by atoms with E-state index in [-0.39, 0.29) is 47.0 Å². The van der Waals surface area contributed by atoms with Crippen LogP contribution in [0.1, 0.15) is 19.4 Å². The molecule has 0 saturated carbocycles. The van der Waals surface area contributed by atoms with Gasteiger partial charge in [0.05, 0.1) is 12.6 Å². The van der Waals surface area contributed by atoms with E-state index in [0.29, 0.717) is 13.2 Å². The first-order valence-corrected chi connectivity index (χ1v) is 10.4. The average Bonchev–Trinajstić information content (AvgIpc) is 2.72. The molecule has 3 rings (SSSR count). The monoisotopic (exact) mass is 450 g/mol. The molecule has 2 aromatic rings. The van der Waals surface area contributed by atoms with Gasteiger partial charge >= 0.3 is 6.01 Å². The summed E-state index contributed by atoms with van der Waals surface area (Å²) >= 11 is 11.6. The summed E-state index contributed by atoms with van der Waals surface area (Å²) in [6, 6.07) is 9.61. The molecule has 1 aliphatic rings. The van der Waals surface area contributed by atoms with Crippen LogP contribution in [0.4, 0.5) is 0 Å². The molecule has 2 heterocycles. The summed E-state index contributed by atoms with van der Waals surface area (Å²) < 4.78 is 11.8. The van der Waals surface area contributed by atoms with Crippen LogP contribution in [0.5, 0.6) is 6.01 Å². The minimum atomic E-state index is -0.544. The Morgan fingerprint density at radius 1 is 1.10 bits per heavy atom. The Labute approximate surface area is 186 Å². The second-order valence-electron chi connectivity index (χ2n) is 7.25. The Morgan fingerprint density at radius 2 is 1.77 bits per heavy atom. The van der Waals surface area contributed by atoms with Crippen LogP contribution >= 0.6 is 23.2 Å². The zero-order chi connectivity index (χ0) is 21.7. The van der Waals surface area contributed by atoms with Crippen LogP contribution in [0.15, 0.2) is 43.0 Å². The molecule has 4 unspecified atom stereocenters. The molecule has 1 fully saturated rings. The normalized spacial score (nSPS) is 24.0. The second-order valence-corrected chi connectivity index (χ2v) is 7.93. The molecule has 0 bridgehead atoms. The van der Waals surface area contributed by atoms with Gasteiger partial charge in [0.1, 0.15) is 12.7 Å². The number of nitrogens with zero attached hydrogens (tertiary/aromatic N) is 4. The first kappa shape index (κ1) is 22.5. The highest BCUT2D eigenvalue weighted by Crippen LogP contribution is 2.32. The molecule has 1 aromatic carbocycles.